The van der Waals surface area contributed by atoms with E-state index >= 15 is 0 Å². The molecule has 2 aliphatic carbocycles. The largest absolute Gasteiger partial charge is 1.00 e. The van der Waals surface area contributed by atoms with Crippen LogP contribution in [-0.4, -0.2) is 164 Å². The van der Waals surface area contributed by atoms with Crippen LogP contribution in [0.3, 0.4) is 0 Å². The molecule has 20 nitrogen and oxygen atoms in total. The normalized spacial score (nSPS) is 19.3. The first-order chi connectivity index (χ1) is 22.4. The first-order valence-corrected chi connectivity index (χ1v) is 15.0. The molecule has 0 spiro atoms. The Labute approximate surface area is 388 Å². The molecule has 2 rings (SSSR count). The molecule has 272 valence electrons. The maximum atomic E-state index is 11.0. The predicted molar refractivity (Wildman–Crippen MR) is 149 cm³/mol. The zero-order valence-corrected chi connectivity index (χ0v) is 38.1. The van der Waals surface area contributed by atoms with E-state index in [1.165, 1.54) is 14.7 Å². The van der Waals surface area contributed by atoms with Crippen molar-refractivity contribution < 1.29 is 197 Å². The first kappa shape index (κ1) is 58.3. The van der Waals surface area contributed by atoms with Crippen LogP contribution in [0, 0.1) is 0 Å². The second-order valence-corrected chi connectivity index (χ2v) is 11.5. The SMILES string of the molecule is O=C([O-])CN(CC(=O)O)C1CCCCC1N(CC(=O)[O-])CC(=O)O.O=C([O-])CN(CC(=O)[O-])C1CCCCC1N(CC(=O)O)CC(=O)O.[Na+].[Na+].[Na+].[Na+]. The molecule has 0 aromatic heterocycles. The van der Waals surface area contributed by atoms with Crippen LogP contribution in [0.4, 0.5) is 0 Å². The van der Waals surface area contributed by atoms with Crippen LogP contribution in [0.2, 0.25) is 0 Å². The van der Waals surface area contributed by atoms with Crippen LogP contribution in [0.15, 0.2) is 0 Å². The Morgan fingerprint density at radius 3 is 0.673 bits per heavy atom. The second-order valence-electron chi connectivity index (χ2n) is 11.5. The summed E-state index contributed by atoms with van der Waals surface area (Å²) < 4.78 is 0. The Hall–Kier alpha value is -0.400. The maximum absolute atomic E-state index is 11.0. The summed E-state index contributed by atoms with van der Waals surface area (Å²) in [6.45, 7) is -4.72. The summed E-state index contributed by atoms with van der Waals surface area (Å²) in [5, 5.41) is 79.5. The molecule has 0 bridgehead atoms. The van der Waals surface area contributed by atoms with Gasteiger partial charge in [0.2, 0.25) is 0 Å². The van der Waals surface area contributed by atoms with E-state index in [2.05, 4.69) is 0 Å². The van der Waals surface area contributed by atoms with Gasteiger partial charge in [0.1, 0.15) is 0 Å². The Morgan fingerprint density at radius 2 is 0.519 bits per heavy atom. The summed E-state index contributed by atoms with van der Waals surface area (Å²) in [5.74, 6) is -10.7. The van der Waals surface area contributed by atoms with Crippen LogP contribution in [0.1, 0.15) is 51.4 Å². The van der Waals surface area contributed by atoms with Crippen LogP contribution >= 0.6 is 0 Å². The predicted octanol–water partition coefficient (Wildman–Crippen LogP) is -18.8. The molecule has 0 aliphatic heterocycles. The molecule has 0 aromatic rings. The monoisotopic (exact) mass is 780 g/mol. The molecular weight excluding hydrogens is 740 g/mol. The molecule has 4 atom stereocenters. The summed E-state index contributed by atoms with van der Waals surface area (Å²) in [6, 6.07) is -2.37. The third-order valence-corrected chi connectivity index (χ3v) is 7.95. The van der Waals surface area contributed by atoms with Crippen LogP contribution in [0.5, 0.6) is 0 Å². The average Bonchev–Trinajstić information content (AvgIpc) is 2.94. The van der Waals surface area contributed by atoms with Gasteiger partial charge in [-0.1, -0.05) is 25.7 Å². The minimum Gasteiger partial charge on any atom is -0.549 e. The minimum absolute atomic E-state index is 0. The van der Waals surface area contributed by atoms with Crippen molar-refractivity contribution in [2.75, 3.05) is 52.4 Å². The maximum Gasteiger partial charge on any atom is 1.00 e. The number of hydrogen-bond donors (Lipinski definition) is 4. The molecule has 2 aliphatic rings. The number of hydrogen-bond acceptors (Lipinski definition) is 16. The summed E-state index contributed by atoms with van der Waals surface area (Å²) in [7, 11) is 0. The average molecular weight is 781 g/mol. The zero-order valence-electron chi connectivity index (χ0n) is 30.1. The Morgan fingerprint density at radius 1 is 0.365 bits per heavy atom. The van der Waals surface area contributed by atoms with Gasteiger partial charge in [0.25, 0.3) is 0 Å². The molecule has 52 heavy (non-hydrogen) atoms. The summed E-state index contributed by atoms with van der Waals surface area (Å²) in [5.41, 5.74) is 0. The number of rotatable bonds is 20. The molecule has 2 fully saturated rings. The van der Waals surface area contributed by atoms with Crippen molar-refractivity contribution in [3.8, 4) is 0 Å². The van der Waals surface area contributed by atoms with Gasteiger partial charge in [0, 0.05) is 50.3 Å². The summed E-state index contributed by atoms with van der Waals surface area (Å²) in [6.07, 6.45) is 4.58. The molecule has 0 radical (unpaired) electrons. The number of carboxylic acid groups (broad SMARTS) is 8. The van der Waals surface area contributed by atoms with E-state index in [1.54, 1.807) is 0 Å². The van der Waals surface area contributed by atoms with Gasteiger partial charge >= 0.3 is 142 Å². The third kappa shape index (κ3) is 24.2. The van der Waals surface area contributed by atoms with Gasteiger partial charge in [-0.2, -0.15) is 0 Å². The van der Waals surface area contributed by atoms with E-state index < -0.39 is 124 Å². The minimum atomic E-state index is -1.47. The Bertz CT molecular complexity index is 947. The summed E-state index contributed by atoms with van der Waals surface area (Å²) >= 11 is 0. The van der Waals surface area contributed by atoms with E-state index in [0.717, 1.165) is 4.90 Å². The fourth-order valence-electron chi connectivity index (χ4n) is 6.41. The van der Waals surface area contributed by atoms with Gasteiger partial charge in [-0.15, -0.1) is 0 Å². The van der Waals surface area contributed by atoms with E-state index in [-0.39, 0.29) is 118 Å². The number of nitrogens with zero attached hydrogens (tertiary/aromatic N) is 4. The third-order valence-electron chi connectivity index (χ3n) is 7.95. The van der Waals surface area contributed by atoms with Crippen molar-refractivity contribution in [1.29, 1.82) is 0 Å². The van der Waals surface area contributed by atoms with Gasteiger partial charge < -0.3 is 60.0 Å². The standard InChI is InChI=1S/2C14H22N2O8.4Na/c2*17-11(18)5-15(6-12(19)20)9-3-1-2-4-10(9)16(7-13(21)22)8-14(23)24;;;;/h2*9-10H,1-8H2,(H,17,18)(H,19,20)(H,21,22)(H,23,24);;;;/q;;4*+1/p-4. The van der Waals surface area contributed by atoms with Crippen LogP contribution in [-0.2, 0) is 38.4 Å². The van der Waals surface area contributed by atoms with Gasteiger partial charge in [-0.05, 0) is 25.7 Å². The topological polar surface area (TPSA) is 323 Å². The van der Waals surface area contributed by atoms with Crippen LogP contribution in [0.25, 0.3) is 0 Å². The first-order valence-electron chi connectivity index (χ1n) is 15.0. The molecular formula is C28H40N4Na4O16. The molecule has 4 N–H and O–H groups in total. The number of carbonyl (C=O) groups excluding carboxylic acids is 4. The second kappa shape index (κ2) is 30.8. The van der Waals surface area contributed by atoms with E-state index in [0.29, 0.717) is 51.4 Å². The van der Waals surface area contributed by atoms with E-state index in [4.69, 9.17) is 20.4 Å². The van der Waals surface area contributed by atoms with Crippen molar-refractivity contribution in [3.63, 3.8) is 0 Å². The Balaban J connectivity index is -0.000000411. The zero-order chi connectivity index (χ0) is 36.6. The Kier molecular flexibility index (Phi) is 34.5. The fraction of sp³-hybridized carbons (Fsp3) is 0.714. The molecule has 24 heteroatoms. The molecule has 0 aromatic carbocycles. The summed E-state index contributed by atoms with van der Waals surface area (Å²) in [4.78, 5) is 92.4. The van der Waals surface area contributed by atoms with Gasteiger partial charge in [-0.25, -0.2) is 0 Å². The van der Waals surface area contributed by atoms with E-state index in [9.17, 15) is 58.8 Å². The van der Waals surface area contributed by atoms with Crippen molar-refractivity contribution in [1.82, 2.24) is 19.6 Å². The quantitative estimate of drug-likeness (QED) is 0.0833. The molecule has 0 saturated heterocycles. The van der Waals surface area contributed by atoms with Gasteiger partial charge in [-0.3, -0.25) is 38.8 Å². The fourth-order valence-corrected chi connectivity index (χ4v) is 6.41. The molecule has 0 heterocycles. The van der Waals surface area contributed by atoms with Gasteiger partial charge in [0.05, 0.1) is 50.1 Å². The van der Waals surface area contributed by atoms with Crippen LogP contribution < -0.4 is 139 Å². The number of aliphatic carboxylic acids is 8. The smallest absolute Gasteiger partial charge is 0.549 e. The van der Waals surface area contributed by atoms with Crippen molar-refractivity contribution in [3.05, 3.63) is 0 Å². The van der Waals surface area contributed by atoms with Crippen molar-refractivity contribution in [2.24, 2.45) is 0 Å². The molecule has 4 unspecified atom stereocenters. The molecule has 0 amide bonds. The number of carbonyl (C=O) groups is 8. The number of carboxylic acids is 8. The van der Waals surface area contributed by atoms with E-state index in [1.807, 2.05) is 0 Å². The van der Waals surface area contributed by atoms with Gasteiger partial charge in [0.15, 0.2) is 0 Å². The van der Waals surface area contributed by atoms with Crippen molar-refractivity contribution >= 4 is 47.8 Å². The molecule has 2 saturated carbocycles. The van der Waals surface area contributed by atoms with Crippen molar-refractivity contribution in [2.45, 2.75) is 75.5 Å².